The number of hydrogen-bond donors (Lipinski definition) is 0. The molecular weight excluding hydrogens is 132 g/mol. The molecule has 0 saturated heterocycles. The van der Waals surface area contributed by atoms with Gasteiger partial charge in [-0.25, -0.2) is 0 Å². The van der Waals surface area contributed by atoms with Crippen LogP contribution in [0.3, 0.4) is 0 Å². The Kier molecular flexibility index (Phi) is 1.95. The zero-order valence-corrected chi connectivity index (χ0v) is 7.84. The molecule has 2 aliphatic carbocycles. The average Bonchev–Trinajstić information content (AvgIpc) is 2.66. The minimum absolute atomic E-state index is 1.12. The van der Waals surface area contributed by atoms with Crippen molar-refractivity contribution in [2.24, 2.45) is 23.7 Å². The monoisotopic (exact) mass is 152 g/mol. The highest BCUT2D eigenvalue weighted by Crippen LogP contribution is 2.56. The molecule has 2 rings (SSSR count). The van der Waals surface area contributed by atoms with E-state index in [0.29, 0.717) is 0 Å². The van der Waals surface area contributed by atoms with Crippen molar-refractivity contribution in [1.29, 1.82) is 0 Å². The highest BCUT2D eigenvalue weighted by Gasteiger charge is 2.47. The lowest BCUT2D eigenvalue weighted by Crippen LogP contribution is -2.27. The van der Waals surface area contributed by atoms with Crippen LogP contribution in [0.15, 0.2) is 0 Å². The van der Waals surface area contributed by atoms with Crippen LogP contribution in [0.2, 0.25) is 0 Å². The van der Waals surface area contributed by atoms with Crippen LogP contribution in [0.25, 0.3) is 0 Å². The number of rotatable bonds is 3. The number of hydrogen-bond acceptors (Lipinski definition) is 0. The Bertz CT molecular complexity index is 137. The molecule has 64 valence electrons. The van der Waals surface area contributed by atoms with E-state index in [1.165, 1.54) is 25.2 Å². The Morgan fingerprint density at radius 1 is 0.909 bits per heavy atom. The van der Waals surface area contributed by atoms with E-state index in [2.05, 4.69) is 13.8 Å². The van der Waals surface area contributed by atoms with Crippen LogP contribution >= 0.6 is 0 Å². The van der Waals surface area contributed by atoms with Crippen LogP contribution in [0.5, 0.6) is 0 Å². The van der Waals surface area contributed by atoms with Gasteiger partial charge in [0, 0.05) is 0 Å². The van der Waals surface area contributed by atoms with E-state index in [-0.39, 0.29) is 0 Å². The van der Waals surface area contributed by atoms with Crippen LogP contribution in [0, 0.1) is 23.7 Å². The first-order valence-electron chi connectivity index (χ1n) is 5.36. The van der Waals surface area contributed by atoms with Gasteiger partial charge in [0.1, 0.15) is 0 Å². The Hall–Kier alpha value is 0. The van der Waals surface area contributed by atoms with Gasteiger partial charge in [-0.2, -0.15) is 0 Å². The Morgan fingerprint density at radius 3 is 2.00 bits per heavy atom. The van der Waals surface area contributed by atoms with Crippen molar-refractivity contribution in [1.82, 2.24) is 0 Å². The molecular formula is C11H20. The third-order valence-electron chi connectivity index (χ3n) is 4.05. The van der Waals surface area contributed by atoms with Crippen molar-refractivity contribution >= 4 is 0 Å². The fourth-order valence-corrected chi connectivity index (χ4v) is 2.93. The molecule has 0 radical (unpaired) electrons. The largest absolute Gasteiger partial charge is 0.0651 e. The lowest BCUT2D eigenvalue weighted by atomic mass is 9.69. The molecule has 0 bridgehead atoms. The van der Waals surface area contributed by atoms with Crippen molar-refractivity contribution in [3.05, 3.63) is 0 Å². The highest BCUT2D eigenvalue weighted by molar-refractivity contribution is 4.96. The van der Waals surface area contributed by atoms with Crippen molar-refractivity contribution < 1.29 is 0 Å². The second-order valence-corrected chi connectivity index (χ2v) is 4.48. The van der Waals surface area contributed by atoms with Gasteiger partial charge in [0.15, 0.2) is 0 Å². The summed E-state index contributed by atoms with van der Waals surface area (Å²) in [4.78, 5) is 0. The summed E-state index contributed by atoms with van der Waals surface area (Å²) in [6.45, 7) is 4.71. The second-order valence-electron chi connectivity index (χ2n) is 4.48. The molecule has 0 aromatic carbocycles. The van der Waals surface area contributed by atoms with Crippen molar-refractivity contribution in [3.8, 4) is 0 Å². The van der Waals surface area contributed by atoms with Crippen LogP contribution in [0.4, 0.5) is 0 Å². The van der Waals surface area contributed by atoms with Crippen LogP contribution in [0.1, 0.15) is 46.0 Å². The zero-order valence-electron chi connectivity index (χ0n) is 7.84. The third kappa shape index (κ3) is 1.21. The molecule has 2 saturated carbocycles. The van der Waals surface area contributed by atoms with E-state index < -0.39 is 0 Å². The summed E-state index contributed by atoms with van der Waals surface area (Å²) in [5.41, 5.74) is 0. The molecule has 0 aliphatic heterocycles. The molecule has 0 aromatic rings. The minimum Gasteiger partial charge on any atom is -0.0651 e. The third-order valence-corrected chi connectivity index (χ3v) is 4.05. The van der Waals surface area contributed by atoms with E-state index in [4.69, 9.17) is 0 Å². The smallest absolute Gasteiger partial charge is 0.0352 e. The first-order valence-corrected chi connectivity index (χ1v) is 5.36. The summed E-state index contributed by atoms with van der Waals surface area (Å²) < 4.78 is 0. The molecule has 0 N–H and O–H groups in total. The summed E-state index contributed by atoms with van der Waals surface area (Å²) >= 11 is 0. The highest BCUT2D eigenvalue weighted by atomic mass is 14.5. The topological polar surface area (TPSA) is 0 Å². The zero-order chi connectivity index (χ0) is 7.84. The molecule has 0 aromatic heterocycles. The SMILES string of the molecule is CCC1CCC1C1CC1CC. The first kappa shape index (κ1) is 7.64. The predicted octanol–water partition coefficient (Wildman–Crippen LogP) is 3.47. The van der Waals surface area contributed by atoms with Gasteiger partial charge in [0.05, 0.1) is 0 Å². The van der Waals surface area contributed by atoms with E-state index in [9.17, 15) is 0 Å². The van der Waals surface area contributed by atoms with Gasteiger partial charge in [-0.05, 0) is 42.9 Å². The summed E-state index contributed by atoms with van der Waals surface area (Å²) in [6.07, 6.45) is 7.54. The van der Waals surface area contributed by atoms with Gasteiger partial charge in [-0.1, -0.05) is 26.7 Å². The van der Waals surface area contributed by atoms with Gasteiger partial charge in [0.25, 0.3) is 0 Å². The van der Waals surface area contributed by atoms with Crippen molar-refractivity contribution in [2.45, 2.75) is 46.0 Å². The van der Waals surface area contributed by atoms with Crippen LogP contribution in [-0.2, 0) is 0 Å². The normalized spacial score (nSPS) is 48.5. The van der Waals surface area contributed by atoms with E-state index in [0.717, 1.165) is 17.8 Å². The van der Waals surface area contributed by atoms with E-state index in [1.54, 1.807) is 12.8 Å². The summed E-state index contributed by atoms with van der Waals surface area (Å²) in [6, 6.07) is 0. The molecule has 0 amide bonds. The molecule has 0 nitrogen and oxygen atoms in total. The Morgan fingerprint density at radius 2 is 1.64 bits per heavy atom. The molecule has 2 aliphatic rings. The second kappa shape index (κ2) is 2.80. The molecule has 11 heavy (non-hydrogen) atoms. The molecule has 4 unspecified atom stereocenters. The van der Waals surface area contributed by atoms with Gasteiger partial charge in [-0.3, -0.25) is 0 Å². The van der Waals surface area contributed by atoms with Crippen molar-refractivity contribution in [2.75, 3.05) is 0 Å². The maximum atomic E-state index is 2.36. The molecule has 0 spiro atoms. The molecule has 4 atom stereocenters. The predicted molar refractivity (Wildman–Crippen MR) is 48.4 cm³/mol. The fourth-order valence-electron chi connectivity index (χ4n) is 2.93. The average molecular weight is 152 g/mol. The fraction of sp³-hybridized carbons (Fsp3) is 1.00. The van der Waals surface area contributed by atoms with E-state index >= 15 is 0 Å². The minimum atomic E-state index is 1.12. The lowest BCUT2D eigenvalue weighted by molar-refractivity contribution is 0.138. The summed E-state index contributed by atoms with van der Waals surface area (Å²) in [5.74, 6) is 4.58. The Labute approximate surface area is 70.4 Å². The summed E-state index contributed by atoms with van der Waals surface area (Å²) in [7, 11) is 0. The van der Waals surface area contributed by atoms with Gasteiger partial charge in [-0.15, -0.1) is 0 Å². The maximum absolute atomic E-state index is 2.36. The van der Waals surface area contributed by atoms with Gasteiger partial charge in [0.2, 0.25) is 0 Å². The van der Waals surface area contributed by atoms with Crippen molar-refractivity contribution in [3.63, 3.8) is 0 Å². The lowest BCUT2D eigenvalue weighted by Gasteiger charge is -2.36. The molecule has 0 heterocycles. The van der Waals surface area contributed by atoms with Gasteiger partial charge < -0.3 is 0 Å². The van der Waals surface area contributed by atoms with Gasteiger partial charge >= 0.3 is 0 Å². The standard InChI is InChI=1S/C11H20/c1-3-8-5-6-10(8)11-7-9(11)4-2/h8-11H,3-7H2,1-2H3. The quantitative estimate of drug-likeness (QED) is 0.581. The van der Waals surface area contributed by atoms with Crippen LogP contribution < -0.4 is 0 Å². The van der Waals surface area contributed by atoms with E-state index in [1.807, 2.05) is 0 Å². The Balaban J connectivity index is 1.79. The first-order chi connectivity index (χ1) is 5.36. The maximum Gasteiger partial charge on any atom is -0.0352 e. The van der Waals surface area contributed by atoms with Crippen LogP contribution in [-0.4, -0.2) is 0 Å². The summed E-state index contributed by atoms with van der Waals surface area (Å²) in [5, 5.41) is 0. The molecule has 2 fully saturated rings. The molecule has 0 heteroatoms.